The van der Waals surface area contributed by atoms with Crippen LogP contribution in [0.1, 0.15) is 19.8 Å². The Balaban J connectivity index is 1.99. The van der Waals surface area contributed by atoms with Crippen molar-refractivity contribution in [1.29, 1.82) is 0 Å². The normalized spacial score (nSPS) is 16.2. The summed E-state index contributed by atoms with van der Waals surface area (Å²) in [5.74, 6) is -1.08. The molecule has 26 heavy (non-hydrogen) atoms. The molecule has 0 bridgehead atoms. The van der Waals surface area contributed by atoms with Crippen LogP contribution in [0.3, 0.4) is 0 Å². The highest BCUT2D eigenvalue weighted by atomic mass is 32.2. The molecule has 1 aromatic rings. The van der Waals surface area contributed by atoms with E-state index in [-0.39, 0.29) is 36.4 Å². The maximum Gasteiger partial charge on any atom is 0.323 e. The van der Waals surface area contributed by atoms with Gasteiger partial charge in [-0.2, -0.15) is 4.31 Å². The lowest BCUT2D eigenvalue weighted by Gasteiger charge is -2.32. The summed E-state index contributed by atoms with van der Waals surface area (Å²) in [6, 6.07) is 6.26. The van der Waals surface area contributed by atoms with Crippen LogP contribution in [0, 0.1) is 5.92 Å². The van der Waals surface area contributed by atoms with E-state index in [9.17, 15) is 18.0 Å². The van der Waals surface area contributed by atoms with Gasteiger partial charge in [-0.15, -0.1) is 0 Å². The zero-order chi connectivity index (χ0) is 19.3. The average molecular weight is 384 g/mol. The SMILES string of the molecule is CCOc1ccc(S(=O)(=O)N2CCC(C(=O)N(C)CC(=O)O)CC2)cc1. The Morgan fingerprint density at radius 3 is 2.31 bits per heavy atom. The lowest BCUT2D eigenvalue weighted by Crippen LogP contribution is -2.44. The van der Waals surface area contributed by atoms with E-state index in [1.807, 2.05) is 6.92 Å². The Hall–Kier alpha value is -2.13. The van der Waals surface area contributed by atoms with Gasteiger partial charge in [0.15, 0.2) is 0 Å². The number of carbonyl (C=O) groups is 2. The second-order valence-electron chi connectivity index (χ2n) is 6.17. The molecule has 9 heteroatoms. The van der Waals surface area contributed by atoms with Crippen LogP contribution in [0.4, 0.5) is 0 Å². The molecule has 0 atom stereocenters. The molecule has 0 aromatic heterocycles. The van der Waals surface area contributed by atoms with Crippen LogP contribution in [0.25, 0.3) is 0 Å². The maximum atomic E-state index is 12.7. The van der Waals surface area contributed by atoms with E-state index in [1.54, 1.807) is 12.1 Å². The molecular formula is C17H24N2O6S. The largest absolute Gasteiger partial charge is 0.494 e. The number of carboxylic acids is 1. The average Bonchev–Trinajstić information content (AvgIpc) is 2.61. The smallest absolute Gasteiger partial charge is 0.323 e. The zero-order valence-corrected chi connectivity index (χ0v) is 15.7. The standard InChI is InChI=1S/C17H24N2O6S/c1-3-25-14-4-6-15(7-5-14)26(23,24)19-10-8-13(9-11-19)17(22)18(2)12-16(20)21/h4-7,13H,3,8-12H2,1-2H3,(H,20,21). The van der Waals surface area contributed by atoms with Crippen molar-refractivity contribution in [1.82, 2.24) is 9.21 Å². The predicted molar refractivity (Wildman–Crippen MR) is 94.4 cm³/mol. The number of rotatable bonds is 7. The van der Waals surface area contributed by atoms with Crippen molar-refractivity contribution in [3.63, 3.8) is 0 Å². The zero-order valence-electron chi connectivity index (χ0n) is 14.9. The van der Waals surface area contributed by atoms with Crippen molar-refractivity contribution in [2.45, 2.75) is 24.7 Å². The number of amides is 1. The molecule has 1 saturated heterocycles. The van der Waals surface area contributed by atoms with Gasteiger partial charge in [-0.1, -0.05) is 0 Å². The molecule has 0 radical (unpaired) electrons. The molecule has 1 aromatic carbocycles. The highest BCUT2D eigenvalue weighted by molar-refractivity contribution is 7.89. The number of piperidine rings is 1. The van der Waals surface area contributed by atoms with Crippen LogP contribution in [0.2, 0.25) is 0 Å². The Morgan fingerprint density at radius 2 is 1.81 bits per heavy atom. The van der Waals surface area contributed by atoms with E-state index < -0.39 is 16.0 Å². The van der Waals surface area contributed by atoms with Crippen molar-refractivity contribution in [2.75, 3.05) is 33.3 Å². The number of carboxylic acid groups (broad SMARTS) is 1. The van der Waals surface area contributed by atoms with Gasteiger partial charge < -0.3 is 14.7 Å². The first-order valence-electron chi connectivity index (χ1n) is 8.45. The number of hydrogen-bond acceptors (Lipinski definition) is 5. The quantitative estimate of drug-likeness (QED) is 0.753. The van der Waals surface area contributed by atoms with Crippen LogP contribution < -0.4 is 4.74 Å². The monoisotopic (exact) mass is 384 g/mol. The molecule has 1 N–H and O–H groups in total. The van der Waals surface area contributed by atoms with E-state index in [4.69, 9.17) is 9.84 Å². The fourth-order valence-electron chi connectivity index (χ4n) is 2.96. The highest BCUT2D eigenvalue weighted by Gasteiger charge is 2.33. The van der Waals surface area contributed by atoms with Crippen LogP contribution in [-0.2, 0) is 19.6 Å². The van der Waals surface area contributed by atoms with Gasteiger partial charge in [0, 0.05) is 26.1 Å². The third kappa shape index (κ3) is 4.73. The van der Waals surface area contributed by atoms with Gasteiger partial charge in [0.25, 0.3) is 0 Å². The number of nitrogens with zero attached hydrogens (tertiary/aromatic N) is 2. The molecule has 0 spiro atoms. The molecule has 1 amide bonds. The number of aliphatic carboxylic acids is 1. The van der Waals surface area contributed by atoms with E-state index in [1.165, 1.54) is 28.4 Å². The van der Waals surface area contributed by atoms with Crippen molar-refractivity contribution in [3.8, 4) is 5.75 Å². The Bertz CT molecular complexity index is 739. The molecule has 0 aliphatic carbocycles. The van der Waals surface area contributed by atoms with Gasteiger partial charge >= 0.3 is 5.97 Å². The summed E-state index contributed by atoms with van der Waals surface area (Å²) in [7, 11) is -2.18. The van der Waals surface area contributed by atoms with Crippen LogP contribution in [0.5, 0.6) is 5.75 Å². The lowest BCUT2D eigenvalue weighted by molar-refractivity contribution is -0.145. The summed E-state index contributed by atoms with van der Waals surface area (Å²) in [6.45, 7) is 2.46. The van der Waals surface area contributed by atoms with Crippen LogP contribution in [0.15, 0.2) is 29.2 Å². The molecule has 1 heterocycles. The van der Waals surface area contributed by atoms with Crippen molar-refractivity contribution in [2.24, 2.45) is 5.92 Å². The van der Waals surface area contributed by atoms with Gasteiger partial charge in [-0.25, -0.2) is 8.42 Å². The van der Waals surface area contributed by atoms with E-state index in [0.29, 0.717) is 25.2 Å². The molecule has 2 rings (SSSR count). The fraction of sp³-hybridized carbons (Fsp3) is 0.529. The minimum Gasteiger partial charge on any atom is -0.494 e. The van der Waals surface area contributed by atoms with Crippen molar-refractivity contribution in [3.05, 3.63) is 24.3 Å². The second kappa shape index (κ2) is 8.50. The van der Waals surface area contributed by atoms with Crippen LogP contribution >= 0.6 is 0 Å². The molecule has 144 valence electrons. The summed E-state index contributed by atoms with van der Waals surface area (Å²) < 4.78 is 32.1. The Morgan fingerprint density at radius 1 is 1.23 bits per heavy atom. The minimum absolute atomic E-state index is 0.189. The van der Waals surface area contributed by atoms with Gasteiger partial charge in [0.2, 0.25) is 15.9 Å². The molecule has 0 unspecified atom stereocenters. The van der Waals surface area contributed by atoms with Crippen molar-refractivity contribution >= 4 is 21.9 Å². The predicted octanol–water partition coefficient (Wildman–Crippen LogP) is 1.03. The third-order valence-corrected chi connectivity index (χ3v) is 6.24. The summed E-state index contributed by atoms with van der Waals surface area (Å²) in [6.07, 6.45) is 0.748. The minimum atomic E-state index is -3.62. The molecule has 8 nitrogen and oxygen atoms in total. The Labute approximate surface area is 153 Å². The molecule has 1 aliphatic heterocycles. The molecule has 1 fully saturated rings. The van der Waals surface area contributed by atoms with E-state index in [0.717, 1.165) is 0 Å². The molecular weight excluding hydrogens is 360 g/mol. The topological polar surface area (TPSA) is 104 Å². The highest BCUT2D eigenvalue weighted by Crippen LogP contribution is 2.26. The fourth-order valence-corrected chi connectivity index (χ4v) is 4.43. The van der Waals surface area contributed by atoms with Crippen LogP contribution in [-0.4, -0.2) is 67.9 Å². The lowest BCUT2D eigenvalue weighted by atomic mass is 9.97. The van der Waals surface area contributed by atoms with Crippen molar-refractivity contribution < 1.29 is 27.9 Å². The van der Waals surface area contributed by atoms with E-state index in [2.05, 4.69) is 0 Å². The maximum absolute atomic E-state index is 12.7. The number of likely N-dealkylation sites (N-methyl/N-ethyl adjacent to an activating group) is 1. The second-order valence-corrected chi connectivity index (χ2v) is 8.11. The van der Waals surface area contributed by atoms with Gasteiger partial charge in [-0.05, 0) is 44.0 Å². The Kier molecular flexibility index (Phi) is 6.60. The van der Waals surface area contributed by atoms with E-state index >= 15 is 0 Å². The molecule has 0 saturated carbocycles. The van der Waals surface area contributed by atoms with Gasteiger partial charge in [-0.3, -0.25) is 9.59 Å². The van der Waals surface area contributed by atoms with Gasteiger partial charge in [0.1, 0.15) is 12.3 Å². The number of hydrogen-bond donors (Lipinski definition) is 1. The summed E-state index contributed by atoms with van der Waals surface area (Å²) in [5, 5.41) is 8.77. The third-order valence-electron chi connectivity index (χ3n) is 4.32. The number of carbonyl (C=O) groups excluding carboxylic acids is 1. The first-order valence-corrected chi connectivity index (χ1v) is 9.89. The number of benzene rings is 1. The summed E-state index contributed by atoms with van der Waals surface area (Å²) in [5.41, 5.74) is 0. The first kappa shape index (κ1) is 20.2. The first-order chi connectivity index (χ1) is 12.3. The molecule has 1 aliphatic rings. The summed E-state index contributed by atoms with van der Waals surface area (Å²) in [4.78, 5) is 24.3. The number of sulfonamides is 1. The summed E-state index contributed by atoms with van der Waals surface area (Å²) >= 11 is 0. The number of ether oxygens (including phenoxy) is 1. The van der Waals surface area contributed by atoms with Gasteiger partial charge in [0.05, 0.1) is 11.5 Å².